The minimum atomic E-state index is 0.0738. The van der Waals surface area contributed by atoms with E-state index in [0.717, 1.165) is 6.42 Å². The molecule has 0 spiro atoms. The summed E-state index contributed by atoms with van der Waals surface area (Å²) in [5.41, 5.74) is 22.9. The highest BCUT2D eigenvalue weighted by Crippen LogP contribution is 2.37. The first-order valence-electron chi connectivity index (χ1n) is 8.02. The maximum Gasteiger partial charge on any atom is 0.0171 e. The van der Waals surface area contributed by atoms with Crippen LogP contribution in [0.5, 0.6) is 0 Å². The predicted octanol–water partition coefficient (Wildman–Crippen LogP) is 1.60. The van der Waals surface area contributed by atoms with Gasteiger partial charge in [0.15, 0.2) is 0 Å². The molecule has 0 radical (unpaired) electrons. The third kappa shape index (κ3) is 6.21. The van der Waals surface area contributed by atoms with E-state index in [1.54, 1.807) is 0 Å². The molecule has 0 bridgehead atoms. The van der Waals surface area contributed by atoms with Gasteiger partial charge in [-0.3, -0.25) is 0 Å². The van der Waals surface area contributed by atoms with Crippen LogP contribution in [0.3, 0.4) is 0 Å². The summed E-state index contributed by atoms with van der Waals surface area (Å²) in [7, 11) is 0. The summed E-state index contributed by atoms with van der Waals surface area (Å²) >= 11 is 0. The van der Waals surface area contributed by atoms with Gasteiger partial charge in [-0.25, -0.2) is 0 Å². The number of hydrogen-bond donors (Lipinski definition) is 4. The monoisotopic (exact) mass is 270 g/mol. The van der Waals surface area contributed by atoms with Crippen LogP contribution in [-0.2, 0) is 0 Å². The van der Waals surface area contributed by atoms with Crippen LogP contribution in [0.2, 0.25) is 0 Å². The minimum Gasteiger partial charge on any atom is -0.329 e. The first kappa shape index (κ1) is 16.9. The third-order valence-electron chi connectivity index (χ3n) is 4.57. The lowest BCUT2D eigenvalue weighted by molar-refractivity contribution is 0.178. The lowest BCUT2D eigenvalue weighted by Gasteiger charge is -2.43. The molecule has 0 aliphatic heterocycles. The Hall–Kier alpha value is -0.160. The highest BCUT2D eigenvalue weighted by molar-refractivity contribution is 4.99. The molecule has 2 aliphatic rings. The zero-order valence-corrected chi connectivity index (χ0v) is 12.5. The summed E-state index contributed by atoms with van der Waals surface area (Å²) in [5.74, 6) is 0. The molecule has 0 saturated heterocycles. The van der Waals surface area contributed by atoms with Gasteiger partial charge in [0.1, 0.15) is 0 Å². The van der Waals surface area contributed by atoms with Crippen LogP contribution in [0, 0.1) is 0 Å². The van der Waals surface area contributed by atoms with Crippen LogP contribution < -0.4 is 22.9 Å². The van der Waals surface area contributed by atoms with E-state index in [0.29, 0.717) is 13.1 Å². The van der Waals surface area contributed by atoms with Crippen LogP contribution in [-0.4, -0.2) is 24.2 Å². The van der Waals surface area contributed by atoms with E-state index in [-0.39, 0.29) is 11.1 Å². The summed E-state index contributed by atoms with van der Waals surface area (Å²) in [6, 6.07) is 0. The smallest absolute Gasteiger partial charge is 0.0171 e. The topological polar surface area (TPSA) is 104 Å². The first-order chi connectivity index (χ1) is 9.04. The first-order valence-corrected chi connectivity index (χ1v) is 8.02. The van der Waals surface area contributed by atoms with Crippen molar-refractivity contribution in [1.29, 1.82) is 0 Å². The van der Waals surface area contributed by atoms with Crippen LogP contribution in [0.15, 0.2) is 0 Å². The van der Waals surface area contributed by atoms with Gasteiger partial charge in [-0.1, -0.05) is 38.5 Å². The maximum absolute atomic E-state index is 6.50. The maximum atomic E-state index is 6.50. The largest absolute Gasteiger partial charge is 0.329 e. The quantitative estimate of drug-likeness (QED) is 0.625. The molecular formula is C15H34N4. The summed E-state index contributed by atoms with van der Waals surface area (Å²) in [4.78, 5) is 0. The van der Waals surface area contributed by atoms with Crippen LogP contribution in [0.4, 0.5) is 0 Å². The molecule has 19 heavy (non-hydrogen) atoms. The number of hydrogen-bond acceptors (Lipinski definition) is 4. The van der Waals surface area contributed by atoms with Gasteiger partial charge in [-0.05, 0) is 32.1 Å². The Morgan fingerprint density at radius 1 is 0.579 bits per heavy atom. The van der Waals surface area contributed by atoms with Crippen molar-refractivity contribution < 1.29 is 0 Å². The van der Waals surface area contributed by atoms with Crippen molar-refractivity contribution in [2.75, 3.05) is 13.1 Å². The molecule has 4 nitrogen and oxygen atoms in total. The van der Waals surface area contributed by atoms with Crippen LogP contribution in [0.1, 0.15) is 70.6 Å². The van der Waals surface area contributed by atoms with E-state index < -0.39 is 0 Å². The van der Waals surface area contributed by atoms with Crippen molar-refractivity contribution in [2.24, 2.45) is 22.9 Å². The molecule has 0 aromatic rings. The Kier molecular flexibility index (Phi) is 7.29. The van der Waals surface area contributed by atoms with Crippen molar-refractivity contribution in [1.82, 2.24) is 0 Å². The van der Waals surface area contributed by atoms with Crippen LogP contribution >= 0.6 is 0 Å². The zero-order chi connectivity index (χ0) is 14.2. The van der Waals surface area contributed by atoms with Gasteiger partial charge in [0.2, 0.25) is 0 Å². The molecule has 2 fully saturated rings. The predicted molar refractivity (Wildman–Crippen MR) is 82.7 cm³/mol. The Bertz CT molecular complexity index is 206. The van der Waals surface area contributed by atoms with E-state index >= 15 is 0 Å². The van der Waals surface area contributed by atoms with Gasteiger partial charge >= 0.3 is 0 Å². The van der Waals surface area contributed by atoms with E-state index in [1.807, 2.05) is 0 Å². The average molecular weight is 270 g/mol. The van der Waals surface area contributed by atoms with Crippen LogP contribution in [0.25, 0.3) is 0 Å². The fraction of sp³-hybridized carbons (Fsp3) is 1.00. The molecule has 0 aromatic heterocycles. The molecule has 8 N–H and O–H groups in total. The standard InChI is InChI=1S/C13H26N2.C2H8N2/c14-12(7-3-1-4-8-12)11-13(15)9-5-2-6-10-13;3-1-2-4/h1-11,14-15H2;1-4H2. The molecule has 0 amide bonds. The molecule has 0 unspecified atom stereocenters. The second-order valence-electron chi connectivity index (χ2n) is 6.60. The fourth-order valence-electron chi connectivity index (χ4n) is 3.57. The highest BCUT2D eigenvalue weighted by atomic mass is 14.8. The fourth-order valence-corrected chi connectivity index (χ4v) is 3.57. The minimum absolute atomic E-state index is 0.0738. The molecule has 114 valence electrons. The number of nitrogens with two attached hydrogens (primary N) is 4. The molecule has 0 heterocycles. The van der Waals surface area contributed by atoms with Crippen molar-refractivity contribution >= 4 is 0 Å². The van der Waals surface area contributed by atoms with Crippen molar-refractivity contribution in [3.8, 4) is 0 Å². The SMILES string of the molecule is NC1(CC2(N)CCCCC2)CCCCC1.NCCN. The van der Waals surface area contributed by atoms with E-state index in [9.17, 15) is 0 Å². The van der Waals surface area contributed by atoms with Gasteiger partial charge in [0.05, 0.1) is 0 Å². The molecule has 2 saturated carbocycles. The van der Waals surface area contributed by atoms with Gasteiger partial charge in [0.25, 0.3) is 0 Å². The molecule has 4 heteroatoms. The van der Waals surface area contributed by atoms with Gasteiger partial charge < -0.3 is 22.9 Å². The van der Waals surface area contributed by atoms with Crippen molar-refractivity contribution in [3.63, 3.8) is 0 Å². The molecule has 2 aliphatic carbocycles. The van der Waals surface area contributed by atoms with Gasteiger partial charge in [-0.2, -0.15) is 0 Å². The zero-order valence-electron chi connectivity index (χ0n) is 12.5. The van der Waals surface area contributed by atoms with Gasteiger partial charge in [0, 0.05) is 24.2 Å². The molecule has 2 rings (SSSR count). The molecule has 0 atom stereocenters. The highest BCUT2D eigenvalue weighted by Gasteiger charge is 2.37. The summed E-state index contributed by atoms with van der Waals surface area (Å²) < 4.78 is 0. The molecule has 0 aromatic carbocycles. The lowest BCUT2D eigenvalue weighted by Crippen LogP contribution is -2.53. The van der Waals surface area contributed by atoms with E-state index in [1.165, 1.54) is 64.2 Å². The second-order valence-corrected chi connectivity index (χ2v) is 6.60. The summed E-state index contributed by atoms with van der Waals surface area (Å²) in [6.45, 7) is 1.19. The Morgan fingerprint density at radius 3 is 1.16 bits per heavy atom. The average Bonchev–Trinajstić information content (AvgIpc) is 2.39. The normalized spacial score (nSPS) is 25.3. The van der Waals surface area contributed by atoms with Crippen molar-refractivity contribution in [3.05, 3.63) is 0 Å². The van der Waals surface area contributed by atoms with Crippen molar-refractivity contribution in [2.45, 2.75) is 81.7 Å². The third-order valence-corrected chi connectivity index (χ3v) is 4.57. The molecular weight excluding hydrogens is 236 g/mol. The lowest BCUT2D eigenvalue weighted by atomic mass is 9.69. The van der Waals surface area contributed by atoms with Gasteiger partial charge in [-0.15, -0.1) is 0 Å². The summed E-state index contributed by atoms with van der Waals surface area (Å²) in [5, 5.41) is 0. The van der Waals surface area contributed by atoms with E-state index in [4.69, 9.17) is 22.9 Å². The second kappa shape index (κ2) is 8.20. The number of rotatable bonds is 3. The van der Waals surface area contributed by atoms with E-state index in [2.05, 4.69) is 0 Å². The summed E-state index contributed by atoms with van der Waals surface area (Å²) in [6.07, 6.45) is 13.9. The Labute approximate surface area is 118 Å². The Balaban J connectivity index is 0.000000399. The Morgan fingerprint density at radius 2 is 0.895 bits per heavy atom.